The Morgan fingerprint density at radius 3 is 1.08 bits per heavy atom. The van der Waals surface area contributed by atoms with Crippen molar-refractivity contribution in [3.63, 3.8) is 0 Å². The van der Waals surface area contributed by atoms with Gasteiger partial charge in [-0.25, -0.2) is 4.79 Å². The first-order chi connectivity index (χ1) is 51.1. The van der Waals surface area contributed by atoms with E-state index in [0.717, 1.165) is 0 Å². The lowest BCUT2D eigenvalue weighted by atomic mass is 10.0. The van der Waals surface area contributed by atoms with Crippen LogP contribution < -0.4 is 74.9 Å². The quantitative estimate of drug-likeness (QED) is 0.0187. The van der Waals surface area contributed by atoms with Crippen molar-refractivity contribution in [2.75, 3.05) is 43.1 Å². The summed E-state index contributed by atoms with van der Waals surface area (Å²) in [5.41, 5.74) is 6.90. The molecule has 0 saturated carbocycles. The molecule has 0 aliphatic carbocycles. The summed E-state index contributed by atoms with van der Waals surface area (Å²) in [5, 5.41) is 90.0. The molecule has 4 rings (SSSR count). The van der Waals surface area contributed by atoms with Crippen LogP contribution in [0.3, 0.4) is 0 Å². The van der Waals surface area contributed by atoms with Crippen molar-refractivity contribution in [1.29, 1.82) is 0 Å². The molecule has 0 spiro atoms. The van der Waals surface area contributed by atoms with Gasteiger partial charge >= 0.3 is 17.9 Å². The van der Waals surface area contributed by atoms with E-state index in [-0.39, 0.29) is 55.1 Å². The second-order valence-corrected chi connectivity index (χ2v) is 26.5. The van der Waals surface area contributed by atoms with Crippen LogP contribution in [-0.4, -0.2) is 235 Å². The number of hydrogen-bond acceptors (Lipinski definition) is 23. The molecule has 4 aromatic rings. The van der Waals surface area contributed by atoms with Gasteiger partial charge in [0.2, 0.25) is 76.8 Å². The Hall–Kier alpha value is -11.2. The van der Waals surface area contributed by atoms with Crippen LogP contribution in [0.1, 0.15) is 62.3 Å². The summed E-state index contributed by atoms with van der Waals surface area (Å²) in [5.74, 6) is -19.5. The Kier molecular flexibility index (Phi) is 37.5. The van der Waals surface area contributed by atoms with Crippen molar-refractivity contribution in [2.45, 2.75) is 132 Å². The lowest BCUT2D eigenvalue weighted by Crippen LogP contribution is -2.61. The minimum atomic E-state index is -1.92. The van der Waals surface area contributed by atoms with Crippen molar-refractivity contribution in [3.05, 3.63) is 125 Å². The van der Waals surface area contributed by atoms with Crippen LogP contribution in [0.25, 0.3) is 0 Å². The number of rotatable bonds is 45. The number of phenolic OH excluding ortho intramolecular Hbond substituents is 3. The molecular formula is C69H90N14O22S3. The molecule has 21 N–H and O–H groups in total. The molecule has 0 radical (unpaired) electrons. The van der Waals surface area contributed by atoms with E-state index in [1.54, 1.807) is 36.6 Å². The number of aliphatic carboxylic acids is 3. The fourth-order valence-electron chi connectivity index (χ4n) is 10.1. The first-order valence-electron chi connectivity index (χ1n) is 33.4. The molecule has 0 saturated heterocycles. The number of aromatic hydroxyl groups is 3. The van der Waals surface area contributed by atoms with Gasteiger partial charge in [0.1, 0.15) is 83.7 Å². The predicted molar refractivity (Wildman–Crippen MR) is 395 cm³/mol. The molecule has 4 aromatic carbocycles. The van der Waals surface area contributed by atoms with Crippen LogP contribution in [0.4, 0.5) is 0 Å². The normalized spacial score (nSPS) is 14.0. The summed E-state index contributed by atoms with van der Waals surface area (Å²) >= 11 is 9.66. The van der Waals surface area contributed by atoms with Gasteiger partial charge in [0.15, 0.2) is 0 Å². The number of carbonyl (C=O) groups excluding carboxylic acids is 13. The first kappa shape index (κ1) is 89.2. The van der Waals surface area contributed by atoms with Crippen LogP contribution >= 0.6 is 37.0 Å². The van der Waals surface area contributed by atoms with Gasteiger partial charge in [0.05, 0.1) is 32.5 Å². The summed E-state index contributed by atoms with van der Waals surface area (Å²) in [6, 6.07) is 6.86. The van der Waals surface area contributed by atoms with E-state index < -0.39 is 211 Å². The molecule has 11 atom stereocenters. The molecule has 108 heavy (non-hydrogen) atoms. The number of carboxylic acids is 3. The van der Waals surface area contributed by atoms with E-state index in [1.165, 1.54) is 105 Å². The standard InChI is InChI=1S/C69H90N14O22S3/c1-35(2)58(69(104)105)83-66(101)50(29-57(92)93)80-61(96)44(22-23-108-4)76-65(100)48(27-40-14-20-43(86)21-15-40)78-67(102)51(33-106)81-59(94)36(3)73-62(97)47(26-39-12-18-42(85)19-13-39)77-63(98)45(24-37-8-6-5-7-9-37)75-55(89)32-72-60(95)49(28-56(90)91)79-68(103)52(34-107)82-64(99)46(25-38-10-16-41(84)17-11-38)74-54(88)31-71-53(87)30-70/h5-21,35-36,44-52,58,84-86,106-107H,22-34,70H2,1-4H3,(H,71,87)(H,72,95)(H,73,97)(H,74,88)(H,75,89)(H,76,100)(H,77,98)(H,78,102)(H,79,103)(H,80,96)(H,81,94)(H,82,99)(H,83,101)(H,90,91)(H,92,93)(H,104,105)/t36-,44-,45-,46-,47-,48-,49-,50-,51-,52-,58-/m0/s1. The number of carboxylic acid groups (broad SMARTS) is 3. The van der Waals surface area contributed by atoms with E-state index in [9.17, 15) is 107 Å². The van der Waals surface area contributed by atoms with E-state index in [2.05, 4.69) is 94.4 Å². The maximum atomic E-state index is 14.5. The molecular weight excluding hydrogens is 1470 g/mol. The number of nitrogens with two attached hydrogens (primary N) is 1. The van der Waals surface area contributed by atoms with Crippen LogP contribution in [0.15, 0.2) is 103 Å². The van der Waals surface area contributed by atoms with Gasteiger partial charge in [-0.15, -0.1) is 0 Å². The van der Waals surface area contributed by atoms with E-state index in [0.29, 0.717) is 22.3 Å². The Bertz CT molecular complexity index is 3810. The smallest absolute Gasteiger partial charge is 0.326 e. The number of hydrogen-bond donors (Lipinski definition) is 22. The highest BCUT2D eigenvalue weighted by atomic mass is 32.2. The third-order valence-electron chi connectivity index (χ3n) is 15.9. The number of amides is 13. The van der Waals surface area contributed by atoms with Crippen LogP contribution in [0, 0.1) is 5.92 Å². The summed E-state index contributed by atoms with van der Waals surface area (Å²) in [6.07, 6.45) is -1.61. The van der Waals surface area contributed by atoms with Crippen molar-refractivity contribution < 1.29 is 107 Å². The zero-order chi connectivity index (χ0) is 80.3. The molecule has 586 valence electrons. The molecule has 13 amide bonds. The minimum absolute atomic E-state index is 0.111. The number of thiol groups is 2. The molecule has 0 heterocycles. The molecule has 0 aliphatic heterocycles. The van der Waals surface area contributed by atoms with Crippen molar-refractivity contribution in [1.82, 2.24) is 69.1 Å². The summed E-state index contributed by atoms with van der Waals surface area (Å²) in [4.78, 5) is 214. The van der Waals surface area contributed by atoms with Crippen molar-refractivity contribution in [2.24, 2.45) is 11.7 Å². The molecule has 0 unspecified atom stereocenters. The minimum Gasteiger partial charge on any atom is -0.508 e. The molecule has 0 aromatic heterocycles. The second-order valence-electron chi connectivity index (χ2n) is 24.8. The Morgan fingerprint density at radius 2 is 0.704 bits per heavy atom. The fraction of sp³-hybridized carbons (Fsp3) is 0.420. The largest absolute Gasteiger partial charge is 0.508 e. The van der Waals surface area contributed by atoms with Crippen LogP contribution in [-0.2, 0) is 102 Å². The second kappa shape index (κ2) is 45.3. The van der Waals surface area contributed by atoms with Gasteiger partial charge in [-0.05, 0) is 89.9 Å². The highest BCUT2D eigenvalue weighted by Crippen LogP contribution is 2.17. The average Bonchev–Trinajstić information content (AvgIpc) is 0.860. The van der Waals surface area contributed by atoms with Crippen molar-refractivity contribution in [3.8, 4) is 17.2 Å². The number of carbonyl (C=O) groups is 16. The van der Waals surface area contributed by atoms with Gasteiger partial charge in [0, 0.05) is 37.2 Å². The molecule has 0 fully saturated rings. The number of thioether (sulfide) groups is 1. The van der Waals surface area contributed by atoms with E-state index >= 15 is 0 Å². The number of benzene rings is 4. The molecule has 0 aliphatic rings. The highest BCUT2D eigenvalue weighted by Gasteiger charge is 2.37. The van der Waals surface area contributed by atoms with E-state index in [1.807, 2.05) is 0 Å². The number of nitrogens with one attached hydrogen (secondary N) is 13. The van der Waals surface area contributed by atoms with Gasteiger partial charge in [0.25, 0.3) is 0 Å². The van der Waals surface area contributed by atoms with E-state index in [4.69, 9.17) is 5.73 Å². The fourth-order valence-corrected chi connectivity index (χ4v) is 11.0. The summed E-state index contributed by atoms with van der Waals surface area (Å²) in [7, 11) is 0. The SMILES string of the molecule is CSCC[C@H](NC(=O)[C@H](Cc1ccc(O)cc1)NC(=O)[C@H](CS)NC(=O)[C@H](C)NC(=O)[C@H](Cc1ccc(O)cc1)NC(=O)[C@H](Cc1ccccc1)NC(=O)CNC(=O)[C@H](CC(=O)O)NC(=O)[C@H](CS)NC(=O)[C@H](Cc1ccc(O)cc1)NC(=O)CNC(=O)CN)C(=O)N[C@@H](CC(=O)O)C(=O)N[C@H](C(=O)O)C(C)C. The zero-order valence-corrected chi connectivity index (χ0v) is 61.6. The van der Waals surface area contributed by atoms with Crippen molar-refractivity contribution >= 4 is 132 Å². The molecule has 0 bridgehead atoms. The van der Waals surface area contributed by atoms with Crippen LogP contribution in [0.2, 0.25) is 0 Å². The van der Waals surface area contributed by atoms with Gasteiger partial charge in [-0.2, -0.15) is 37.0 Å². The van der Waals surface area contributed by atoms with Crippen LogP contribution in [0.5, 0.6) is 17.2 Å². The molecule has 36 nitrogen and oxygen atoms in total. The average molecular weight is 1560 g/mol. The van der Waals surface area contributed by atoms with Gasteiger partial charge in [-0.3, -0.25) is 71.9 Å². The first-order valence-corrected chi connectivity index (χ1v) is 36.1. The highest BCUT2D eigenvalue weighted by molar-refractivity contribution is 7.98. The topological polar surface area (TPSA) is 577 Å². The maximum Gasteiger partial charge on any atom is 0.326 e. The third-order valence-corrected chi connectivity index (χ3v) is 17.3. The number of phenols is 3. The maximum absolute atomic E-state index is 14.5. The monoisotopic (exact) mass is 1560 g/mol. The molecule has 39 heteroatoms. The Labute approximate surface area is 634 Å². The lowest BCUT2D eigenvalue weighted by molar-refractivity contribution is -0.144. The summed E-state index contributed by atoms with van der Waals surface area (Å²) < 4.78 is 0. The Morgan fingerprint density at radius 1 is 0.380 bits per heavy atom. The third kappa shape index (κ3) is 31.5. The predicted octanol–water partition coefficient (Wildman–Crippen LogP) is -4.08. The van der Waals surface area contributed by atoms with Gasteiger partial charge in [-0.1, -0.05) is 80.6 Å². The van der Waals surface area contributed by atoms with Gasteiger partial charge < -0.3 is 105 Å². The zero-order valence-electron chi connectivity index (χ0n) is 59.0. The Balaban J connectivity index is 1.53. The lowest BCUT2D eigenvalue weighted by Gasteiger charge is -2.27. The summed E-state index contributed by atoms with van der Waals surface area (Å²) in [6.45, 7) is 2.20.